The van der Waals surface area contributed by atoms with Crippen molar-refractivity contribution in [3.63, 3.8) is 0 Å². The van der Waals surface area contributed by atoms with Crippen LogP contribution in [0.25, 0.3) is 0 Å². The zero-order valence-corrected chi connectivity index (χ0v) is 8.84. The Morgan fingerprint density at radius 2 is 1.57 bits per heavy atom. The quantitative estimate of drug-likeness (QED) is 0.608. The van der Waals surface area contributed by atoms with Gasteiger partial charge in [-0.25, -0.2) is 0 Å². The van der Waals surface area contributed by atoms with Gasteiger partial charge in [-0.3, -0.25) is 0 Å². The first-order chi connectivity index (χ1) is 6.59. The molecule has 3 rings (SSSR count). The first-order valence-electron chi connectivity index (χ1n) is 5.36. The molecule has 1 heterocycles. The van der Waals surface area contributed by atoms with E-state index in [4.69, 9.17) is 4.74 Å². The fourth-order valence-electron chi connectivity index (χ4n) is 3.21. The zero-order chi connectivity index (χ0) is 9.81. The summed E-state index contributed by atoms with van der Waals surface area (Å²) in [7, 11) is 0. The van der Waals surface area contributed by atoms with Gasteiger partial charge in [-0.05, 0) is 25.0 Å². The second-order valence-electron chi connectivity index (χ2n) is 5.34. The predicted molar refractivity (Wildman–Crippen MR) is 56.4 cm³/mol. The van der Waals surface area contributed by atoms with Gasteiger partial charge < -0.3 is 4.74 Å². The Balaban J connectivity index is 1.87. The van der Waals surface area contributed by atoms with Gasteiger partial charge in [-0.2, -0.15) is 0 Å². The Hall–Kier alpha value is -0.820. The number of rotatable bonds is 0. The Bertz CT molecular complexity index is 344. The van der Waals surface area contributed by atoms with Gasteiger partial charge in [0.05, 0.1) is 11.2 Å². The highest BCUT2D eigenvalue weighted by Gasteiger charge is 2.53. The Kier molecular flexibility index (Phi) is 1.46. The van der Waals surface area contributed by atoms with E-state index in [1.807, 2.05) is 0 Å². The summed E-state index contributed by atoms with van der Waals surface area (Å²) in [6.07, 6.45) is 3.44. The molecule has 1 aliphatic heterocycles. The SMILES string of the molecule is CC1(C)CC2(Cc3ccccc3C2)O1. The maximum Gasteiger partial charge on any atom is 0.0797 e. The third-order valence-electron chi connectivity index (χ3n) is 3.38. The normalized spacial score (nSPS) is 25.9. The summed E-state index contributed by atoms with van der Waals surface area (Å²) in [4.78, 5) is 0. The van der Waals surface area contributed by atoms with Gasteiger partial charge in [0.2, 0.25) is 0 Å². The van der Waals surface area contributed by atoms with Crippen LogP contribution in [0.4, 0.5) is 0 Å². The van der Waals surface area contributed by atoms with E-state index in [0.29, 0.717) is 0 Å². The topological polar surface area (TPSA) is 9.23 Å². The largest absolute Gasteiger partial charge is 0.368 e. The zero-order valence-electron chi connectivity index (χ0n) is 8.84. The summed E-state index contributed by atoms with van der Waals surface area (Å²) in [6.45, 7) is 4.36. The third-order valence-corrected chi connectivity index (χ3v) is 3.38. The summed E-state index contributed by atoms with van der Waals surface area (Å²) >= 11 is 0. The summed E-state index contributed by atoms with van der Waals surface area (Å²) in [6, 6.07) is 8.72. The monoisotopic (exact) mass is 188 g/mol. The summed E-state index contributed by atoms with van der Waals surface area (Å²) in [5.41, 5.74) is 3.25. The lowest BCUT2D eigenvalue weighted by atomic mass is 9.79. The maximum atomic E-state index is 6.06. The van der Waals surface area contributed by atoms with Crippen LogP contribution in [0.3, 0.4) is 0 Å². The van der Waals surface area contributed by atoms with Crippen molar-refractivity contribution < 1.29 is 4.74 Å². The highest BCUT2D eigenvalue weighted by molar-refractivity contribution is 5.36. The molecule has 0 amide bonds. The first-order valence-corrected chi connectivity index (χ1v) is 5.36. The van der Waals surface area contributed by atoms with Gasteiger partial charge in [0.1, 0.15) is 0 Å². The first kappa shape index (κ1) is 8.49. The van der Waals surface area contributed by atoms with Crippen LogP contribution < -0.4 is 0 Å². The van der Waals surface area contributed by atoms with Gasteiger partial charge in [-0.1, -0.05) is 24.3 Å². The molecular weight excluding hydrogens is 172 g/mol. The van der Waals surface area contributed by atoms with Crippen LogP contribution >= 0.6 is 0 Å². The van der Waals surface area contributed by atoms with Crippen molar-refractivity contribution in [1.29, 1.82) is 0 Å². The second kappa shape index (κ2) is 2.40. The summed E-state index contributed by atoms with van der Waals surface area (Å²) < 4.78 is 6.06. The van der Waals surface area contributed by atoms with Crippen LogP contribution in [0.5, 0.6) is 0 Å². The molecule has 1 heteroatoms. The van der Waals surface area contributed by atoms with Crippen LogP contribution in [-0.4, -0.2) is 11.2 Å². The number of ether oxygens (including phenoxy) is 1. The maximum absolute atomic E-state index is 6.06. The smallest absolute Gasteiger partial charge is 0.0797 e. The molecule has 1 fully saturated rings. The predicted octanol–water partition coefficient (Wildman–Crippen LogP) is 2.72. The fraction of sp³-hybridized carbons (Fsp3) is 0.538. The molecule has 74 valence electrons. The van der Waals surface area contributed by atoms with Crippen LogP contribution in [-0.2, 0) is 17.6 Å². The standard InChI is InChI=1S/C13H16O/c1-12(2)9-13(14-12)7-10-5-3-4-6-11(10)8-13/h3-6H,7-9H2,1-2H3. The molecular formula is C13H16O. The summed E-state index contributed by atoms with van der Waals surface area (Å²) in [5, 5.41) is 0. The van der Waals surface area contributed by atoms with Crippen LogP contribution in [0.2, 0.25) is 0 Å². The van der Waals surface area contributed by atoms with Crippen molar-refractivity contribution in [2.75, 3.05) is 0 Å². The highest BCUT2D eigenvalue weighted by atomic mass is 16.5. The van der Waals surface area contributed by atoms with Crippen molar-refractivity contribution in [3.05, 3.63) is 35.4 Å². The minimum absolute atomic E-state index is 0.113. The molecule has 0 saturated carbocycles. The molecule has 0 unspecified atom stereocenters. The van der Waals surface area contributed by atoms with Crippen molar-refractivity contribution >= 4 is 0 Å². The van der Waals surface area contributed by atoms with E-state index in [0.717, 1.165) is 12.8 Å². The van der Waals surface area contributed by atoms with Crippen molar-refractivity contribution in [2.45, 2.75) is 44.3 Å². The van der Waals surface area contributed by atoms with E-state index in [1.54, 1.807) is 0 Å². The van der Waals surface area contributed by atoms with Crippen LogP contribution in [0, 0.1) is 0 Å². The van der Waals surface area contributed by atoms with E-state index in [-0.39, 0.29) is 11.2 Å². The molecule has 0 bridgehead atoms. The molecule has 1 spiro atoms. The van der Waals surface area contributed by atoms with Gasteiger partial charge in [0, 0.05) is 19.3 Å². The highest BCUT2D eigenvalue weighted by Crippen LogP contribution is 2.49. The number of benzene rings is 1. The Morgan fingerprint density at radius 1 is 1.07 bits per heavy atom. The molecule has 1 saturated heterocycles. The molecule has 0 aromatic heterocycles. The molecule has 0 radical (unpaired) electrons. The van der Waals surface area contributed by atoms with Gasteiger partial charge >= 0.3 is 0 Å². The third kappa shape index (κ3) is 1.12. The molecule has 0 atom stereocenters. The van der Waals surface area contributed by atoms with Crippen LogP contribution in [0.1, 0.15) is 31.4 Å². The van der Waals surface area contributed by atoms with E-state index in [1.165, 1.54) is 17.5 Å². The molecule has 1 aliphatic carbocycles. The molecule has 1 nitrogen and oxygen atoms in total. The minimum Gasteiger partial charge on any atom is -0.368 e. The average Bonchev–Trinajstić information content (AvgIpc) is 2.39. The Morgan fingerprint density at radius 3 is 2.00 bits per heavy atom. The van der Waals surface area contributed by atoms with E-state index < -0.39 is 0 Å². The lowest BCUT2D eigenvalue weighted by molar-refractivity contribution is -0.250. The Labute approximate surface area is 85.1 Å². The molecule has 1 aromatic carbocycles. The van der Waals surface area contributed by atoms with Gasteiger partial charge in [-0.15, -0.1) is 0 Å². The average molecular weight is 188 g/mol. The number of hydrogen-bond acceptors (Lipinski definition) is 1. The van der Waals surface area contributed by atoms with Gasteiger partial charge in [0.15, 0.2) is 0 Å². The second-order valence-corrected chi connectivity index (χ2v) is 5.34. The van der Waals surface area contributed by atoms with E-state index in [9.17, 15) is 0 Å². The minimum atomic E-state index is 0.113. The van der Waals surface area contributed by atoms with Crippen molar-refractivity contribution in [2.24, 2.45) is 0 Å². The molecule has 1 aromatic rings. The molecule has 14 heavy (non-hydrogen) atoms. The van der Waals surface area contributed by atoms with E-state index >= 15 is 0 Å². The van der Waals surface area contributed by atoms with Crippen LogP contribution in [0.15, 0.2) is 24.3 Å². The van der Waals surface area contributed by atoms with Gasteiger partial charge in [0.25, 0.3) is 0 Å². The van der Waals surface area contributed by atoms with E-state index in [2.05, 4.69) is 38.1 Å². The number of hydrogen-bond donors (Lipinski definition) is 0. The fourth-order valence-corrected chi connectivity index (χ4v) is 3.21. The lowest BCUT2D eigenvalue weighted by Crippen LogP contribution is -2.57. The van der Waals surface area contributed by atoms with Crippen molar-refractivity contribution in [3.8, 4) is 0 Å². The molecule has 2 aliphatic rings. The summed E-state index contributed by atoms with van der Waals surface area (Å²) in [5.74, 6) is 0. The molecule has 0 N–H and O–H groups in total. The number of fused-ring (bicyclic) bond motifs is 1. The lowest BCUT2D eigenvalue weighted by Gasteiger charge is -2.51. The van der Waals surface area contributed by atoms with Crippen molar-refractivity contribution in [1.82, 2.24) is 0 Å².